The van der Waals surface area contributed by atoms with E-state index in [1.54, 1.807) is 49.9 Å². The second-order valence-electron chi connectivity index (χ2n) is 8.71. The number of nitrogens with one attached hydrogen (secondary N) is 1. The van der Waals surface area contributed by atoms with Gasteiger partial charge in [0.15, 0.2) is 11.5 Å². The number of anilines is 1. The lowest BCUT2D eigenvalue weighted by Crippen LogP contribution is -2.47. The first-order valence-corrected chi connectivity index (χ1v) is 13.2. The molecular weight excluding hydrogens is 485 g/mol. The molecule has 2 aromatic heterocycles. The van der Waals surface area contributed by atoms with Gasteiger partial charge in [-0.25, -0.2) is 20.0 Å². The van der Waals surface area contributed by atoms with Gasteiger partial charge >= 0.3 is 13.5 Å². The molecule has 3 N–H and O–H groups in total. The number of fused-ring (bicyclic) bond motifs is 1. The van der Waals surface area contributed by atoms with Crippen LogP contribution < -0.4 is 15.3 Å². The molecule has 0 radical (unpaired) electrons. The summed E-state index contributed by atoms with van der Waals surface area (Å²) in [5.74, 6) is -0.105. The van der Waals surface area contributed by atoms with Gasteiger partial charge in [0.05, 0.1) is 37.2 Å². The quantitative estimate of drug-likeness (QED) is 0.268. The molecule has 0 bridgehead atoms. The van der Waals surface area contributed by atoms with Crippen LogP contribution in [-0.2, 0) is 25.4 Å². The topological polar surface area (TPSA) is 167 Å². The van der Waals surface area contributed by atoms with Gasteiger partial charge in [-0.3, -0.25) is 9.36 Å². The van der Waals surface area contributed by atoms with Gasteiger partial charge in [-0.15, -0.1) is 0 Å². The third-order valence-electron chi connectivity index (χ3n) is 5.03. The minimum absolute atomic E-state index is 0.201. The summed E-state index contributed by atoms with van der Waals surface area (Å²) >= 11 is 0. The Morgan fingerprint density at radius 2 is 2.11 bits per heavy atom. The van der Waals surface area contributed by atoms with Crippen LogP contribution in [0.2, 0.25) is 0 Å². The standard InChI is InChI=1S/C23H30N7O5P/c1-5-9-33-22(31)23(3,4)29-36(32,35-18-8-6-7-17(10-18)11-24)15-34-16(2)12-30-14-28-19-20(25)26-13-27-21(19)30/h6-8,10,13-14,16H,5,9,12,15H2,1-4H3,(H,29,32)(H2,25,26,27)/t16-,36?/m1/s1. The summed E-state index contributed by atoms with van der Waals surface area (Å²) in [5, 5.41) is 12.0. The molecule has 0 saturated heterocycles. The molecule has 0 amide bonds. The van der Waals surface area contributed by atoms with Gasteiger partial charge in [-0.1, -0.05) is 13.0 Å². The maximum absolute atomic E-state index is 13.9. The molecule has 13 heteroatoms. The Labute approximate surface area is 209 Å². The Hall–Kier alpha value is -3.52. The second kappa shape index (κ2) is 11.5. The first kappa shape index (κ1) is 27.1. The third-order valence-corrected chi connectivity index (χ3v) is 6.92. The zero-order valence-corrected chi connectivity index (χ0v) is 21.6. The van der Waals surface area contributed by atoms with Crippen molar-refractivity contribution in [1.82, 2.24) is 24.6 Å². The fourth-order valence-corrected chi connectivity index (χ4v) is 5.32. The van der Waals surface area contributed by atoms with Gasteiger partial charge in [0.1, 0.15) is 29.5 Å². The van der Waals surface area contributed by atoms with Crippen molar-refractivity contribution in [3.63, 3.8) is 0 Å². The van der Waals surface area contributed by atoms with Gasteiger partial charge in [0.2, 0.25) is 0 Å². The molecule has 0 aliphatic heterocycles. The van der Waals surface area contributed by atoms with Gasteiger partial charge in [0, 0.05) is 0 Å². The predicted molar refractivity (Wildman–Crippen MR) is 133 cm³/mol. The zero-order chi connectivity index (χ0) is 26.3. The predicted octanol–water partition coefficient (Wildman–Crippen LogP) is 3.24. The molecule has 0 spiro atoms. The highest BCUT2D eigenvalue weighted by Crippen LogP contribution is 2.45. The average molecular weight is 516 g/mol. The summed E-state index contributed by atoms with van der Waals surface area (Å²) in [5.41, 5.74) is 5.87. The summed E-state index contributed by atoms with van der Waals surface area (Å²) in [7, 11) is -3.83. The smallest absolute Gasteiger partial charge is 0.342 e. The van der Waals surface area contributed by atoms with Crippen molar-refractivity contribution in [2.45, 2.75) is 52.3 Å². The van der Waals surface area contributed by atoms with Crippen LogP contribution in [0.15, 0.2) is 36.9 Å². The lowest BCUT2D eigenvalue weighted by atomic mass is 10.1. The van der Waals surface area contributed by atoms with Crippen molar-refractivity contribution >= 4 is 30.5 Å². The van der Waals surface area contributed by atoms with Crippen LogP contribution in [0.4, 0.5) is 5.82 Å². The van der Waals surface area contributed by atoms with Crippen LogP contribution in [0.3, 0.4) is 0 Å². The summed E-state index contributed by atoms with van der Waals surface area (Å²) in [4.78, 5) is 25.0. The number of carbonyl (C=O) groups excluding carboxylic acids is 1. The highest BCUT2D eigenvalue weighted by Gasteiger charge is 2.39. The number of hydrogen-bond acceptors (Lipinski definition) is 10. The van der Waals surface area contributed by atoms with Crippen LogP contribution in [-0.4, -0.2) is 50.1 Å². The number of nitrogens with zero attached hydrogens (tertiary/aromatic N) is 5. The third kappa shape index (κ3) is 6.79. The first-order valence-electron chi connectivity index (χ1n) is 11.4. The van der Waals surface area contributed by atoms with Crippen molar-refractivity contribution in [1.29, 1.82) is 5.26 Å². The molecule has 192 valence electrons. The van der Waals surface area contributed by atoms with E-state index in [0.29, 0.717) is 29.7 Å². The Morgan fingerprint density at radius 1 is 1.33 bits per heavy atom. The Balaban J connectivity index is 1.77. The lowest BCUT2D eigenvalue weighted by molar-refractivity contribution is -0.149. The number of rotatable bonds is 12. The van der Waals surface area contributed by atoms with E-state index in [0.717, 1.165) is 0 Å². The molecule has 2 heterocycles. The van der Waals surface area contributed by atoms with E-state index in [9.17, 15) is 14.6 Å². The van der Waals surface area contributed by atoms with Crippen LogP contribution in [0.25, 0.3) is 11.2 Å². The second-order valence-corrected chi connectivity index (χ2v) is 10.7. The number of carbonyl (C=O) groups is 1. The molecule has 2 atom stereocenters. The fourth-order valence-electron chi connectivity index (χ4n) is 3.31. The molecule has 3 aromatic rings. The zero-order valence-electron chi connectivity index (χ0n) is 20.7. The first-order chi connectivity index (χ1) is 17.1. The number of esters is 1. The summed E-state index contributed by atoms with van der Waals surface area (Å²) in [6, 6.07) is 8.26. The van der Waals surface area contributed by atoms with Crippen molar-refractivity contribution in [2.24, 2.45) is 0 Å². The largest absolute Gasteiger partial charge is 0.464 e. The van der Waals surface area contributed by atoms with E-state index in [1.807, 2.05) is 13.0 Å². The maximum Gasteiger partial charge on any atom is 0.342 e. The summed E-state index contributed by atoms with van der Waals surface area (Å²) in [6.45, 7) is 7.34. The van der Waals surface area contributed by atoms with Crippen molar-refractivity contribution in [3.05, 3.63) is 42.5 Å². The van der Waals surface area contributed by atoms with Crippen LogP contribution >= 0.6 is 7.52 Å². The molecule has 36 heavy (non-hydrogen) atoms. The van der Waals surface area contributed by atoms with Crippen molar-refractivity contribution in [2.75, 3.05) is 18.7 Å². The molecule has 3 rings (SSSR count). The molecule has 1 aromatic carbocycles. The fraction of sp³-hybridized carbons (Fsp3) is 0.435. The van der Waals surface area contributed by atoms with Crippen LogP contribution in [0, 0.1) is 11.3 Å². The highest BCUT2D eigenvalue weighted by molar-refractivity contribution is 7.57. The Bertz CT molecular complexity index is 1300. The number of nitrogen functional groups attached to an aromatic ring is 1. The molecule has 1 unspecified atom stereocenters. The number of aromatic nitrogens is 4. The number of imidazole rings is 1. The number of benzene rings is 1. The molecular formula is C23H30N7O5P. The van der Waals surface area contributed by atoms with Crippen LogP contribution in [0.5, 0.6) is 5.75 Å². The lowest BCUT2D eigenvalue weighted by Gasteiger charge is -2.30. The summed E-state index contributed by atoms with van der Waals surface area (Å²) in [6.07, 6.45) is 2.76. The molecule has 0 fully saturated rings. The number of hydrogen-bond donors (Lipinski definition) is 2. The van der Waals surface area contributed by atoms with Crippen LogP contribution in [0.1, 0.15) is 39.7 Å². The molecule has 0 saturated carbocycles. The van der Waals surface area contributed by atoms with E-state index >= 15 is 0 Å². The van der Waals surface area contributed by atoms with Gasteiger partial charge < -0.3 is 24.3 Å². The van der Waals surface area contributed by atoms with Gasteiger partial charge in [-0.05, 0) is 45.4 Å². The van der Waals surface area contributed by atoms with Gasteiger partial charge in [0.25, 0.3) is 0 Å². The number of ether oxygens (including phenoxy) is 2. The summed E-state index contributed by atoms with van der Waals surface area (Å²) < 4.78 is 32.6. The highest BCUT2D eigenvalue weighted by atomic mass is 31.2. The Kier molecular flexibility index (Phi) is 8.63. The molecule has 0 aliphatic rings. The minimum atomic E-state index is -3.83. The minimum Gasteiger partial charge on any atom is -0.464 e. The Morgan fingerprint density at radius 3 is 2.83 bits per heavy atom. The molecule has 0 aliphatic carbocycles. The van der Waals surface area contributed by atoms with Crippen molar-refractivity contribution < 1.29 is 23.4 Å². The SMILES string of the molecule is CCCOC(=O)C(C)(C)NP(=O)(CO[C@H](C)Cn1cnc2c(N)ncnc21)Oc1cccc(C#N)c1. The van der Waals surface area contributed by atoms with E-state index in [1.165, 1.54) is 12.4 Å². The van der Waals surface area contributed by atoms with E-state index in [4.69, 9.17) is 19.7 Å². The van der Waals surface area contributed by atoms with E-state index in [-0.39, 0.29) is 24.5 Å². The van der Waals surface area contributed by atoms with Gasteiger partial charge in [-0.2, -0.15) is 5.26 Å². The monoisotopic (exact) mass is 515 g/mol. The van der Waals surface area contributed by atoms with E-state index < -0.39 is 25.1 Å². The van der Waals surface area contributed by atoms with Crippen molar-refractivity contribution in [3.8, 4) is 11.8 Å². The average Bonchev–Trinajstić information content (AvgIpc) is 3.25. The number of nitrogens with two attached hydrogens (primary N) is 1. The van der Waals surface area contributed by atoms with E-state index in [2.05, 4.69) is 20.0 Å². The maximum atomic E-state index is 13.9. The molecule has 12 nitrogen and oxygen atoms in total. The number of nitriles is 1. The normalized spacial score (nSPS) is 14.1.